The van der Waals surface area contributed by atoms with Crippen molar-refractivity contribution in [1.82, 2.24) is 24.6 Å². The molecule has 3 N–H and O–H groups in total. The molecule has 3 rings (SSSR count). The molecule has 0 saturated carbocycles. The largest absolute Gasteiger partial charge is 0.345 e. The zero-order valence-corrected chi connectivity index (χ0v) is 13.4. The Morgan fingerprint density at radius 1 is 1.52 bits per heavy atom. The lowest BCUT2D eigenvalue weighted by Gasteiger charge is -2.22. The summed E-state index contributed by atoms with van der Waals surface area (Å²) in [6.45, 7) is 0.765. The monoisotopic (exact) mass is 338 g/mol. The van der Waals surface area contributed by atoms with Gasteiger partial charge in [0.2, 0.25) is 10.0 Å². The lowest BCUT2D eigenvalue weighted by atomic mass is 10.2. The van der Waals surface area contributed by atoms with Crippen LogP contribution >= 0.6 is 0 Å². The van der Waals surface area contributed by atoms with Gasteiger partial charge < -0.3 is 10.3 Å². The molecular weight excluding hydrogens is 320 g/mol. The van der Waals surface area contributed by atoms with E-state index in [4.69, 9.17) is 0 Å². The molecule has 2 aromatic heterocycles. The number of urea groups is 1. The van der Waals surface area contributed by atoms with Gasteiger partial charge in [0.1, 0.15) is 5.52 Å². The highest BCUT2D eigenvalue weighted by molar-refractivity contribution is 7.88. The molecule has 3 heterocycles. The van der Waals surface area contributed by atoms with Crippen molar-refractivity contribution in [3.05, 3.63) is 18.5 Å². The molecule has 10 heteroatoms. The standard InChI is InChI=1S/C13H18N6O3S/c1-23(21,22)19-6-2-3-9(19)7-16-13(20)18-11-8-15-12-10(17-11)4-5-14-12/h4-5,8-9H,2-3,6-7H2,1H3,(H,14,15)(H2,16,17,18,20). The molecule has 2 aromatic rings. The first-order valence-electron chi connectivity index (χ1n) is 7.25. The second-order valence-electron chi connectivity index (χ2n) is 5.47. The van der Waals surface area contributed by atoms with E-state index in [1.165, 1.54) is 16.8 Å². The van der Waals surface area contributed by atoms with Crippen molar-refractivity contribution in [3.63, 3.8) is 0 Å². The van der Waals surface area contributed by atoms with Gasteiger partial charge in [0.15, 0.2) is 11.5 Å². The lowest BCUT2D eigenvalue weighted by molar-refractivity contribution is 0.249. The quantitative estimate of drug-likeness (QED) is 0.750. The van der Waals surface area contributed by atoms with Crippen molar-refractivity contribution in [3.8, 4) is 0 Å². The van der Waals surface area contributed by atoms with Crippen molar-refractivity contribution in [1.29, 1.82) is 0 Å². The van der Waals surface area contributed by atoms with E-state index in [0.717, 1.165) is 12.8 Å². The summed E-state index contributed by atoms with van der Waals surface area (Å²) in [4.78, 5) is 23.2. The third kappa shape index (κ3) is 3.59. The highest BCUT2D eigenvalue weighted by Gasteiger charge is 2.31. The molecule has 9 nitrogen and oxygen atoms in total. The molecule has 1 unspecified atom stereocenters. The number of H-pyrrole nitrogens is 1. The van der Waals surface area contributed by atoms with E-state index in [1.54, 1.807) is 12.3 Å². The molecule has 1 fully saturated rings. The second kappa shape index (κ2) is 6.13. The van der Waals surface area contributed by atoms with Gasteiger partial charge in [0, 0.05) is 25.3 Å². The number of fused-ring (bicyclic) bond motifs is 1. The van der Waals surface area contributed by atoms with Crippen molar-refractivity contribution in [2.24, 2.45) is 0 Å². The number of anilines is 1. The number of rotatable bonds is 4. The molecule has 0 spiro atoms. The molecule has 1 atom stereocenters. The molecule has 0 bridgehead atoms. The lowest BCUT2D eigenvalue weighted by Crippen LogP contribution is -2.43. The van der Waals surface area contributed by atoms with Gasteiger partial charge >= 0.3 is 6.03 Å². The molecular formula is C13H18N6O3S. The van der Waals surface area contributed by atoms with E-state index in [0.29, 0.717) is 23.5 Å². The Hall–Kier alpha value is -2.20. The Morgan fingerprint density at radius 2 is 2.35 bits per heavy atom. The van der Waals surface area contributed by atoms with Gasteiger partial charge in [-0.2, -0.15) is 4.31 Å². The number of hydrogen-bond acceptors (Lipinski definition) is 5. The number of sulfonamides is 1. The number of amides is 2. The number of hydrogen-bond donors (Lipinski definition) is 3. The molecule has 1 aliphatic heterocycles. The van der Waals surface area contributed by atoms with Crippen LogP contribution in [0.15, 0.2) is 18.5 Å². The summed E-state index contributed by atoms with van der Waals surface area (Å²) in [7, 11) is -3.24. The summed E-state index contributed by atoms with van der Waals surface area (Å²) in [5.41, 5.74) is 1.30. The SMILES string of the molecule is CS(=O)(=O)N1CCCC1CNC(=O)Nc1cnc2[nH]ccc2n1. The number of nitrogens with one attached hydrogen (secondary N) is 3. The van der Waals surface area contributed by atoms with Crippen LogP contribution in [-0.2, 0) is 10.0 Å². The molecule has 0 aliphatic carbocycles. The van der Waals surface area contributed by atoms with E-state index in [1.807, 2.05) is 0 Å². The van der Waals surface area contributed by atoms with Gasteiger partial charge in [0.05, 0.1) is 12.5 Å². The topological polar surface area (TPSA) is 120 Å². The zero-order chi connectivity index (χ0) is 16.4. The van der Waals surface area contributed by atoms with Crippen LogP contribution in [0.2, 0.25) is 0 Å². The van der Waals surface area contributed by atoms with Crippen molar-refractivity contribution < 1.29 is 13.2 Å². The summed E-state index contributed by atoms with van der Waals surface area (Å²) in [5, 5.41) is 5.28. The van der Waals surface area contributed by atoms with E-state index >= 15 is 0 Å². The molecule has 1 aliphatic rings. The summed E-state index contributed by atoms with van der Waals surface area (Å²) < 4.78 is 24.7. The Balaban J connectivity index is 1.57. The van der Waals surface area contributed by atoms with Crippen molar-refractivity contribution in [2.45, 2.75) is 18.9 Å². The molecule has 0 radical (unpaired) electrons. The minimum Gasteiger partial charge on any atom is -0.345 e. The van der Waals surface area contributed by atoms with Gasteiger partial charge in [-0.15, -0.1) is 0 Å². The van der Waals surface area contributed by atoms with Crippen LogP contribution in [0, 0.1) is 0 Å². The minimum absolute atomic E-state index is 0.200. The van der Waals surface area contributed by atoms with Crippen LogP contribution in [0.25, 0.3) is 11.2 Å². The van der Waals surface area contributed by atoms with Gasteiger partial charge in [-0.1, -0.05) is 0 Å². The van der Waals surface area contributed by atoms with Gasteiger partial charge in [0.25, 0.3) is 0 Å². The van der Waals surface area contributed by atoms with Crippen LogP contribution < -0.4 is 10.6 Å². The minimum atomic E-state index is -3.24. The number of aromatic nitrogens is 3. The Morgan fingerprint density at radius 3 is 3.13 bits per heavy atom. The third-order valence-electron chi connectivity index (χ3n) is 3.75. The fourth-order valence-electron chi connectivity index (χ4n) is 2.71. The van der Waals surface area contributed by atoms with Crippen molar-refractivity contribution in [2.75, 3.05) is 24.7 Å². The Kier molecular flexibility index (Phi) is 4.18. The highest BCUT2D eigenvalue weighted by atomic mass is 32.2. The maximum atomic E-state index is 11.9. The first-order chi connectivity index (χ1) is 10.9. The van der Waals surface area contributed by atoms with E-state index in [-0.39, 0.29) is 12.6 Å². The van der Waals surface area contributed by atoms with Gasteiger partial charge in [-0.3, -0.25) is 5.32 Å². The Labute approximate surface area is 133 Å². The fourth-order valence-corrected chi connectivity index (χ4v) is 3.89. The normalized spacial score (nSPS) is 19.1. The molecule has 2 amide bonds. The maximum absolute atomic E-state index is 11.9. The third-order valence-corrected chi connectivity index (χ3v) is 5.08. The van der Waals surface area contributed by atoms with Crippen LogP contribution in [0.1, 0.15) is 12.8 Å². The fraction of sp³-hybridized carbons (Fsp3) is 0.462. The van der Waals surface area contributed by atoms with Crippen LogP contribution in [-0.4, -0.2) is 59.1 Å². The average molecular weight is 338 g/mol. The maximum Gasteiger partial charge on any atom is 0.320 e. The highest BCUT2D eigenvalue weighted by Crippen LogP contribution is 2.19. The molecule has 23 heavy (non-hydrogen) atoms. The predicted molar refractivity (Wildman–Crippen MR) is 85.5 cm³/mol. The van der Waals surface area contributed by atoms with Crippen LogP contribution in [0.5, 0.6) is 0 Å². The average Bonchev–Trinajstić information content (AvgIpc) is 3.12. The summed E-state index contributed by atoms with van der Waals surface area (Å²) in [5.74, 6) is 0.334. The molecule has 124 valence electrons. The van der Waals surface area contributed by atoms with Crippen LogP contribution in [0.4, 0.5) is 10.6 Å². The first kappa shape index (κ1) is 15.7. The Bertz CT molecular complexity index is 818. The van der Waals surface area contributed by atoms with E-state index in [2.05, 4.69) is 25.6 Å². The molecule has 0 aromatic carbocycles. The zero-order valence-electron chi connectivity index (χ0n) is 12.6. The second-order valence-corrected chi connectivity index (χ2v) is 7.41. The summed E-state index contributed by atoms with van der Waals surface area (Å²) in [6.07, 6.45) is 5.90. The smallest absolute Gasteiger partial charge is 0.320 e. The van der Waals surface area contributed by atoms with Crippen molar-refractivity contribution >= 4 is 33.0 Å². The molecule has 1 saturated heterocycles. The number of aromatic amines is 1. The van der Waals surface area contributed by atoms with E-state index < -0.39 is 16.1 Å². The van der Waals surface area contributed by atoms with Crippen LogP contribution in [0.3, 0.4) is 0 Å². The number of carbonyl (C=O) groups is 1. The number of nitrogens with zero attached hydrogens (tertiary/aromatic N) is 3. The summed E-state index contributed by atoms with van der Waals surface area (Å²) in [6, 6.07) is 1.12. The number of carbonyl (C=O) groups excluding carboxylic acids is 1. The first-order valence-corrected chi connectivity index (χ1v) is 9.10. The summed E-state index contributed by atoms with van der Waals surface area (Å²) >= 11 is 0. The van der Waals surface area contributed by atoms with Gasteiger partial charge in [-0.25, -0.2) is 23.2 Å². The van der Waals surface area contributed by atoms with Gasteiger partial charge in [-0.05, 0) is 18.9 Å². The van der Waals surface area contributed by atoms with E-state index in [9.17, 15) is 13.2 Å². The predicted octanol–water partition coefficient (Wildman–Crippen LogP) is 0.503.